The second kappa shape index (κ2) is 19.0. The van der Waals surface area contributed by atoms with Crippen LogP contribution in [0.4, 0.5) is 51.2 Å². The molecule has 0 fully saturated rings. The first-order chi connectivity index (χ1) is 34.7. The predicted octanol–water partition coefficient (Wildman–Crippen LogP) is 18.6. The van der Waals surface area contributed by atoms with Crippen molar-refractivity contribution in [1.82, 2.24) is 0 Å². The second-order valence-electron chi connectivity index (χ2n) is 26.5. The summed E-state index contributed by atoms with van der Waals surface area (Å²) in [5, 5.41) is 0. The summed E-state index contributed by atoms with van der Waals surface area (Å²) in [4.78, 5) is 7.73. The zero-order valence-electron chi connectivity index (χ0n) is 48.6. The Morgan fingerprint density at radius 3 is 0.932 bits per heavy atom. The van der Waals surface area contributed by atoms with E-state index in [-0.39, 0.29) is 39.2 Å². The smallest absolute Gasteiger partial charge is 0.252 e. The Balaban J connectivity index is 1.43. The highest BCUT2D eigenvalue weighted by Crippen LogP contribution is 2.50. The van der Waals surface area contributed by atoms with E-state index in [1.54, 1.807) is 0 Å². The second-order valence-corrected chi connectivity index (χ2v) is 26.5. The van der Waals surface area contributed by atoms with Crippen LogP contribution in [0.25, 0.3) is 0 Å². The molecule has 7 aromatic rings. The van der Waals surface area contributed by atoms with Gasteiger partial charge in [0.15, 0.2) is 0 Å². The van der Waals surface area contributed by atoms with E-state index < -0.39 is 0 Å². The van der Waals surface area contributed by atoms with E-state index >= 15 is 0 Å². The fourth-order valence-corrected chi connectivity index (χ4v) is 11.1. The summed E-state index contributed by atoms with van der Waals surface area (Å²) in [5.74, 6) is 0. The first kappa shape index (κ1) is 52.9. The maximum absolute atomic E-state index is 2.61. The van der Waals surface area contributed by atoms with Crippen molar-refractivity contribution in [3.05, 3.63) is 179 Å². The van der Waals surface area contributed by atoms with Gasteiger partial charge in [-0.25, -0.2) is 0 Å². The molecule has 0 amide bonds. The van der Waals surface area contributed by atoms with Gasteiger partial charge in [0.1, 0.15) is 0 Å². The Morgan fingerprint density at radius 1 is 0.324 bits per heavy atom. The Labute approximate surface area is 448 Å². The van der Waals surface area contributed by atoms with Crippen molar-refractivity contribution in [2.45, 2.75) is 183 Å². The van der Waals surface area contributed by atoms with Crippen LogP contribution in [0, 0.1) is 0 Å². The molecule has 0 saturated carbocycles. The van der Waals surface area contributed by atoms with Gasteiger partial charge in [0.25, 0.3) is 6.71 Å². The topological polar surface area (TPSA) is 9.72 Å². The Bertz CT molecular complexity index is 2950. The Morgan fingerprint density at radius 2 is 0.622 bits per heavy atom. The minimum atomic E-state index is -0.0195. The van der Waals surface area contributed by atoms with Crippen LogP contribution in [-0.2, 0) is 32.5 Å². The minimum absolute atomic E-state index is 0.00458. The molecule has 0 spiro atoms. The summed E-state index contributed by atoms with van der Waals surface area (Å²) in [6.45, 7) is 42.2. The van der Waals surface area contributed by atoms with Crippen LogP contribution >= 0.6 is 0 Å². The molecule has 74 heavy (non-hydrogen) atoms. The largest absolute Gasteiger partial charge is 0.311 e. The lowest BCUT2D eigenvalue weighted by Gasteiger charge is -2.46. The number of anilines is 9. The summed E-state index contributed by atoms with van der Waals surface area (Å²) in [6, 6.07) is 57.7. The molecular weight excluding hydrogens is 894 g/mol. The molecule has 9 rings (SSSR count). The SMILES string of the molecule is CCC(C)(C)c1ccc(N2c3ccc(C(C)(C)CC)cc3B3c4cc(C(C)(C)CC)ccc4N(c4ccc(C(C)(C)CC)cc4)c4cc(N(c5ccc(C(C)(C)C)cc5)c5ccc(C(C)(C)C)cc5)cc2c43)cc1. The van der Waals surface area contributed by atoms with Crippen molar-refractivity contribution in [2.75, 3.05) is 14.7 Å². The summed E-state index contributed by atoms with van der Waals surface area (Å²) >= 11 is 0. The standard InChI is InChI=1S/C70H86BN3/c1-19-67(11,12)49-27-37-55(38-28-49)73-60-41-31-51(69(15,16)21-3)43-58(60)71-59-44-52(70(17,18)22-4)32-42-61(59)74(56-39-29-50(30-40-56)68(13,14)20-2)63-46-57(45-62(73)64(63)71)72(53-33-23-47(24-34-53)65(5,6)7)54-35-25-48(26-36-54)66(8,9)10/h23-46H,19-22H2,1-18H3. The van der Waals surface area contributed by atoms with Gasteiger partial charge in [0.2, 0.25) is 0 Å². The molecule has 3 nitrogen and oxygen atoms in total. The highest BCUT2D eigenvalue weighted by Gasteiger charge is 2.45. The normalized spacial score (nSPS) is 13.9. The maximum atomic E-state index is 2.61. The van der Waals surface area contributed by atoms with E-state index in [0.29, 0.717) is 0 Å². The van der Waals surface area contributed by atoms with Gasteiger partial charge in [0.05, 0.1) is 5.69 Å². The van der Waals surface area contributed by atoms with E-state index in [1.165, 1.54) is 83.9 Å². The van der Waals surface area contributed by atoms with Gasteiger partial charge < -0.3 is 14.7 Å². The summed E-state index contributed by atoms with van der Waals surface area (Å²) in [6.07, 6.45) is 4.23. The zero-order chi connectivity index (χ0) is 53.5. The summed E-state index contributed by atoms with van der Waals surface area (Å²) in [7, 11) is 0. The van der Waals surface area contributed by atoms with Crippen LogP contribution in [-0.4, -0.2) is 6.71 Å². The molecule has 0 N–H and O–H groups in total. The highest BCUT2D eigenvalue weighted by atomic mass is 15.2. The van der Waals surface area contributed by atoms with Gasteiger partial charge in [-0.1, -0.05) is 197 Å². The van der Waals surface area contributed by atoms with Crippen molar-refractivity contribution in [1.29, 1.82) is 0 Å². The van der Waals surface area contributed by atoms with Crippen molar-refractivity contribution >= 4 is 74.3 Å². The van der Waals surface area contributed by atoms with Crippen LogP contribution in [0.2, 0.25) is 0 Å². The van der Waals surface area contributed by atoms with E-state index in [9.17, 15) is 0 Å². The predicted molar refractivity (Wildman–Crippen MR) is 326 cm³/mol. The third kappa shape index (κ3) is 9.43. The highest BCUT2D eigenvalue weighted by molar-refractivity contribution is 7.00. The molecule has 0 atom stereocenters. The van der Waals surface area contributed by atoms with Gasteiger partial charge in [-0.05, 0) is 181 Å². The lowest BCUT2D eigenvalue weighted by atomic mass is 9.33. The molecule has 0 radical (unpaired) electrons. The van der Waals surface area contributed by atoms with Gasteiger partial charge in [-0.3, -0.25) is 0 Å². The first-order valence-electron chi connectivity index (χ1n) is 28.0. The molecule has 384 valence electrons. The average molecular weight is 980 g/mol. The van der Waals surface area contributed by atoms with E-state index in [1.807, 2.05) is 0 Å². The fourth-order valence-electron chi connectivity index (χ4n) is 11.1. The lowest BCUT2D eigenvalue weighted by Crippen LogP contribution is -2.61. The number of fused-ring (bicyclic) bond motifs is 4. The van der Waals surface area contributed by atoms with Gasteiger partial charge in [-0.2, -0.15) is 0 Å². The first-order valence-corrected chi connectivity index (χ1v) is 28.0. The third-order valence-corrected chi connectivity index (χ3v) is 18.2. The number of rotatable bonds is 13. The minimum Gasteiger partial charge on any atom is -0.311 e. The molecule has 0 aromatic heterocycles. The molecule has 4 heteroatoms. The summed E-state index contributed by atoms with van der Waals surface area (Å²) in [5.41, 5.74) is 23.0. The number of benzene rings is 7. The lowest BCUT2D eigenvalue weighted by molar-refractivity contribution is 0.506. The van der Waals surface area contributed by atoms with Crippen molar-refractivity contribution in [3.63, 3.8) is 0 Å². The number of nitrogens with zero attached hydrogens (tertiary/aromatic N) is 3. The van der Waals surface area contributed by atoms with Crippen LogP contribution < -0.4 is 31.1 Å². The Kier molecular flexibility index (Phi) is 13.6. The fraction of sp³-hybridized carbons (Fsp3) is 0.400. The molecule has 0 saturated heterocycles. The van der Waals surface area contributed by atoms with Crippen LogP contribution in [0.1, 0.15) is 184 Å². The van der Waals surface area contributed by atoms with E-state index in [4.69, 9.17) is 0 Å². The number of hydrogen-bond donors (Lipinski definition) is 0. The van der Waals surface area contributed by atoms with Gasteiger partial charge >= 0.3 is 0 Å². The van der Waals surface area contributed by atoms with Crippen LogP contribution in [0.5, 0.6) is 0 Å². The number of hydrogen-bond acceptors (Lipinski definition) is 3. The van der Waals surface area contributed by atoms with Crippen LogP contribution in [0.15, 0.2) is 146 Å². The average Bonchev–Trinajstić information content (AvgIpc) is 3.38. The van der Waals surface area contributed by atoms with Crippen molar-refractivity contribution in [3.8, 4) is 0 Å². The third-order valence-electron chi connectivity index (χ3n) is 18.2. The quantitative estimate of drug-likeness (QED) is 0.107. The molecule has 0 bridgehead atoms. The van der Waals surface area contributed by atoms with Crippen molar-refractivity contribution in [2.24, 2.45) is 0 Å². The molecule has 2 aliphatic rings. The van der Waals surface area contributed by atoms with Gasteiger partial charge in [0, 0.05) is 45.5 Å². The van der Waals surface area contributed by atoms with Gasteiger partial charge in [-0.15, -0.1) is 0 Å². The van der Waals surface area contributed by atoms with Crippen molar-refractivity contribution < 1.29 is 0 Å². The molecule has 0 aliphatic carbocycles. The monoisotopic (exact) mass is 980 g/mol. The Hall–Kier alpha value is -6.00. The molecule has 2 heterocycles. The molecule has 0 unspecified atom stereocenters. The molecule has 2 aliphatic heterocycles. The maximum Gasteiger partial charge on any atom is 0.252 e. The zero-order valence-corrected chi connectivity index (χ0v) is 48.6. The van der Waals surface area contributed by atoms with E-state index in [2.05, 4.69) is 285 Å². The molecule has 7 aromatic carbocycles. The molecular formula is C70H86BN3. The van der Waals surface area contributed by atoms with Crippen LogP contribution in [0.3, 0.4) is 0 Å². The van der Waals surface area contributed by atoms with E-state index in [0.717, 1.165) is 42.7 Å². The summed E-state index contributed by atoms with van der Waals surface area (Å²) < 4.78 is 0.